The molecule has 3 aromatic rings. The van der Waals surface area contributed by atoms with Gasteiger partial charge in [-0.25, -0.2) is 18.7 Å². The predicted molar refractivity (Wildman–Crippen MR) is 134 cm³/mol. The first kappa shape index (κ1) is 24.4. The first-order chi connectivity index (χ1) is 17.8. The Hall–Kier alpha value is -4.26. The molecule has 0 radical (unpaired) electrons. The van der Waals surface area contributed by atoms with Crippen molar-refractivity contribution in [2.75, 3.05) is 30.8 Å². The number of fused-ring (bicyclic) bond motifs is 1. The van der Waals surface area contributed by atoms with Gasteiger partial charge in [-0.1, -0.05) is 11.8 Å². The number of nitrogens with zero attached hydrogens (tertiary/aromatic N) is 3. The van der Waals surface area contributed by atoms with Crippen molar-refractivity contribution in [1.29, 1.82) is 0 Å². The van der Waals surface area contributed by atoms with Gasteiger partial charge < -0.3 is 20.3 Å². The summed E-state index contributed by atoms with van der Waals surface area (Å²) in [5, 5.41) is 7.10. The fourth-order valence-electron chi connectivity index (χ4n) is 4.23. The number of carbonyl (C=O) groups excluding carboxylic acids is 2. The zero-order valence-corrected chi connectivity index (χ0v) is 20.3. The van der Waals surface area contributed by atoms with E-state index in [0.717, 1.165) is 10.9 Å². The molecule has 2 aliphatic rings. The number of pyridine rings is 2. The lowest BCUT2D eigenvalue weighted by Crippen LogP contribution is -2.55. The number of likely N-dealkylation sites (tertiary alicyclic amines) is 1. The molecule has 0 spiro atoms. The van der Waals surface area contributed by atoms with Crippen LogP contribution in [0.5, 0.6) is 5.75 Å². The smallest absolute Gasteiger partial charge is 0.242 e. The number of hydrogen-bond acceptors (Lipinski definition) is 6. The van der Waals surface area contributed by atoms with Crippen LogP contribution in [-0.4, -0.2) is 59.3 Å². The molecule has 2 atom stereocenters. The van der Waals surface area contributed by atoms with Crippen molar-refractivity contribution in [1.82, 2.24) is 14.9 Å². The second-order valence-electron chi connectivity index (χ2n) is 9.15. The number of aromatic nitrogens is 2. The molecule has 2 N–H and O–H groups in total. The Morgan fingerprint density at radius 3 is 2.51 bits per heavy atom. The number of anilines is 2. The molecule has 190 valence electrons. The fourth-order valence-corrected chi connectivity index (χ4v) is 4.23. The van der Waals surface area contributed by atoms with Crippen LogP contribution in [0.15, 0.2) is 42.7 Å². The van der Waals surface area contributed by atoms with Crippen molar-refractivity contribution >= 4 is 34.2 Å². The summed E-state index contributed by atoms with van der Waals surface area (Å²) in [5.41, 5.74) is 1.40. The Labute approximate surface area is 212 Å². The molecule has 1 aromatic carbocycles. The van der Waals surface area contributed by atoms with E-state index in [1.165, 1.54) is 0 Å². The molecule has 1 saturated heterocycles. The standard InChI is InChI=1S/C27H25F2N5O3/c1-15(35)34-13-19(14-34)37-18-7-4-16(5-8-18)3-6-17-11-32-26(30-2)23-12-31-24(10-20(17)23)33-27(36)22-9-21(22)25(28)29/h4-5,7-8,10-12,19,21-22,25H,9,13-14H2,1-2H3,(H,30,32)(H,31,33,36). The number of alkyl halides is 2. The fraction of sp³-hybridized carbons (Fsp3) is 0.333. The molecule has 1 aliphatic carbocycles. The van der Waals surface area contributed by atoms with Crippen molar-refractivity contribution in [2.45, 2.75) is 25.9 Å². The lowest BCUT2D eigenvalue weighted by molar-refractivity contribution is -0.137. The molecular weight excluding hydrogens is 480 g/mol. The van der Waals surface area contributed by atoms with Gasteiger partial charge in [0, 0.05) is 54.5 Å². The summed E-state index contributed by atoms with van der Waals surface area (Å²) in [6.07, 6.45) is 0.890. The maximum absolute atomic E-state index is 12.8. The summed E-state index contributed by atoms with van der Waals surface area (Å²) in [6.45, 7) is 2.72. The number of amides is 2. The van der Waals surface area contributed by atoms with E-state index in [0.29, 0.717) is 35.6 Å². The number of hydrogen-bond donors (Lipinski definition) is 2. The van der Waals surface area contributed by atoms with Gasteiger partial charge in [0.1, 0.15) is 23.5 Å². The number of nitrogens with one attached hydrogen (secondary N) is 2. The minimum atomic E-state index is -2.50. The van der Waals surface area contributed by atoms with E-state index in [1.54, 1.807) is 37.3 Å². The average molecular weight is 506 g/mol. The highest BCUT2D eigenvalue weighted by Gasteiger charge is 2.48. The van der Waals surface area contributed by atoms with Crippen molar-refractivity contribution in [3.8, 4) is 17.6 Å². The van der Waals surface area contributed by atoms with Crippen LogP contribution in [-0.2, 0) is 9.59 Å². The predicted octanol–water partition coefficient (Wildman–Crippen LogP) is 3.52. The summed E-state index contributed by atoms with van der Waals surface area (Å²) >= 11 is 0. The molecule has 0 bridgehead atoms. The Bertz CT molecular complexity index is 1410. The SMILES string of the molecule is CNc1ncc(C#Cc2ccc(OC3CN(C(C)=O)C3)cc2)c2cc(NC(=O)C3CC3C(F)F)ncc12. The first-order valence-electron chi connectivity index (χ1n) is 11.9. The minimum absolute atomic E-state index is 0.00608. The van der Waals surface area contributed by atoms with Gasteiger partial charge in [-0.3, -0.25) is 9.59 Å². The molecule has 2 fully saturated rings. The lowest BCUT2D eigenvalue weighted by atomic mass is 10.1. The number of carbonyl (C=O) groups is 2. The molecule has 2 unspecified atom stereocenters. The Morgan fingerprint density at radius 1 is 1.11 bits per heavy atom. The van der Waals surface area contributed by atoms with Crippen LogP contribution in [0, 0.1) is 23.7 Å². The zero-order valence-electron chi connectivity index (χ0n) is 20.3. The molecule has 2 amide bonds. The van der Waals surface area contributed by atoms with Crippen LogP contribution >= 0.6 is 0 Å². The van der Waals surface area contributed by atoms with E-state index in [9.17, 15) is 18.4 Å². The maximum Gasteiger partial charge on any atom is 0.242 e. The van der Waals surface area contributed by atoms with Gasteiger partial charge >= 0.3 is 0 Å². The van der Waals surface area contributed by atoms with Gasteiger partial charge in [0.2, 0.25) is 18.2 Å². The van der Waals surface area contributed by atoms with Gasteiger partial charge in [-0.05, 0) is 36.8 Å². The lowest BCUT2D eigenvalue weighted by Gasteiger charge is -2.38. The molecule has 3 heterocycles. The monoisotopic (exact) mass is 505 g/mol. The van der Waals surface area contributed by atoms with Crippen molar-refractivity contribution in [3.63, 3.8) is 0 Å². The van der Waals surface area contributed by atoms with Crippen molar-refractivity contribution in [3.05, 3.63) is 53.9 Å². The van der Waals surface area contributed by atoms with Gasteiger partial charge in [0.05, 0.1) is 18.7 Å². The minimum Gasteiger partial charge on any atom is -0.487 e. The zero-order chi connectivity index (χ0) is 26.1. The topological polar surface area (TPSA) is 96.5 Å². The summed E-state index contributed by atoms with van der Waals surface area (Å²) in [4.78, 5) is 34.0. The van der Waals surface area contributed by atoms with E-state index >= 15 is 0 Å². The van der Waals surface area contributed by atoms with Crippen LogP contribution in [0.1, 0.15) is 24.5 Å². The number of benzene rings is 1. The van der Waals surface area contributed by atoms with Crippen LogP contribution in [0.2, 0.25) is 0 Å². The highest BCUT2D eigenvalue weighted by atomic mass is 19.3. The van der Waals surface area contributed by atoms with Crippen LogP contribution in [0.4, 0.5) is 20.4 Å². The molecule has 8 nitrogen and oxygen atoms in total. The van der Waals surface area contributed by atoms with E-state index in [4.69, 9.17) is 4.74 Å². The molecule has 2 aromatic heterocycles. The van der Waals surface area contributed by atoms with Gasteiger partial charge in [0.15, 0.2) is 0 Å². The molecule has 1 aliphatic heterocycles. The molecule has 37 heavy (non-hydrogen) atoms. The second kappa shape index (κ2) is 10.0. The number of rotatable bonds is 6. The Morgan fingerprint density at radius 2 is 1.86 bits per heavy atom. The van der Waals surface area contributed by atoms with Crippen molar-refractivity contribution in [2.24, 2.45) is 11.8 Å². The highest BCUT2D eigenvalue weighted by Crippen LogP contribution is 2.43. The maximum atomic E-state index is 12.8. The third kappa shape index (κ3) is 5.31. The Kier molecular flexibility index (Phi) is 6.61. The van der Waals surface area contributed by atoms with E-state index in [-0.39, 0.29) is 24.2 Å². The quantitative estimate of drug-likeness (QED) is 0.498. The average Bonchev–Trinajstić information content (AvgIpc) is 3.66. The summed E-state index contributed by atoms with van der Waals surface area (Å²) in [6, 6.07) is 9.05. The van der Waals surface area contributed by atoms with Crippen LogP contribution in [0.25, 0.3) is 10.8 Å². The molecule has 10 heteroatoms. The van der Waals surface area contributed by atoms with Crippen molar-refractivity contribution < 1.29 is 23.1 Å². The van der Waals surface area contributed by atoms with Crippen LogP contribution in [0.3, 0.4) is 0 Å². The highest BCUT2D eigenvalue weighted by molar-refractivity contribution is 5.99. The van der Waals surface area contributed by atoms with Gasteiger partial charge in [-0.2, -0.15) is 0 Å². The normalized spacial score (nSPS) is 18.6. The first-order valence-corrected chi connectivity index (χ1v) is 11.9. The third-order valence-electron chi connectivity index (χ3n) is 6.55. The summed E-state index contributed by atoms with van der Waals surface area (Å²) < 4.78 is 31.5. The largest absolute Gasteiger partial charge is 0.487 e. The van der Waals surface area contributed by atoms with E-state index in [1.807, 2.05) is 24.3 Å². The van der Waals surface area contributed by atoms with Gasteiger partial charge in [-0.15, -0.1) is 0 Å². The molecule has 5 rings (SSSR count). The van der Waals surface area contributed by atoms with E-state index in [2.05, 4.69) is 32.4 Å². The number of ether oxygens (including phenoxy) is 1. The Balaban J connectivity index is 1.32. The van der Waals surface area contributed by atoms with E-state index < -0.39 is 24.2 Å². The van der Waals surface area contributed by atoms with Gasteiger partial charge in [0.25, 0.3) is 0 Å². The second-order valence-corrected chi connectivity index (χ2v) is 9.15. The summed E-state index contributed by atoms with van der Waals surface area (Å²) in [5.74, 6) is 5.85. The third-order valence-corrected chi connectivity index (χ3v) is 6.55. The summed E-state index contributed by atoms with van der Waals surface area (Å²) in [7, 11) is 1.74. The molecular formula is C27H25F2N5O3. The molecule has 1 saturated carbocycles. The van der Waals surface area contributed by atoms with Crippen LogP contribution < -0.4 is 15.4 Å². The number of halogens is 2.